The first-order valence-electron chi connectivity index (χ1n) is 6.21. The number of methoxy groups -OCH3 is 1. The van der Waals surface area contributed by atoms with Gasteiger partial charge < -0.3 is 15.4 Å². The molecule has 6 heteroatoms. The third-order valence-electron chi connectivity index (χ3n) is 2.84. The number of hydrogen-bond donors (Lipinski definition) is 2. The Bertz CT molecular complexity index is 447. The molecule has 0 atom stereocenters. The van der Waals surface area contributed by atoms with Crippen LogP contribution in [0.25, 0.3) is 0 Å². The first kappa shape index (κ1) is 15.2. The van der Waals surface area contributed by atoms with Crippen molar-refractivity contribution in [1.82, 2.24) is 0 Å². The summed E-state index contributed by atoms with van der Waals surface area (Å²) in [4.78, 5) is 10.8. The molecule has 0 saturated heterocycles. The molecule has 0 unspecified atom stereocenters. The maximum atomic E-state index is 11.2. The molecule has 0 aliphatic carbocycles. The molecule has 0 saturated carbocycles. The molecule has 1 aromatic carbocycles. The quantitative estimate of drug-likeness (QED) is 0.587. The molecule has 2 N–H and O–H groups in total. The lowest BCUT2D eigenvalue weighted by Gasteiger charge is -2.23. The Balaban J connectivity index is 3.00. The van der Waals surface area contributed by atoms with Crippen LogP contribution in [0.4, 0.5) is 17.1 Å². The van der Waals surface area contributed by atoms with E-state index >= 15 is 0 Å². The third-order valence-corrected chi connectivity index (χ3v) is 2.84. The van der Waals surface area contributed by atoms with E-state index in [1.807, 2.05) is 20.8 Å². The van der Waals surface area contributed by atoms with Gasteiger partial charge in [-0.1, -0.05) is 6.07 Å². The zero-order valence-electron chi connectivity index (χ0n) is 11.8. The Morgan fingerprint density at radius 1 is 1.32 bits per heavy atom. The fourth-order valence-corrected chi connectivity index (χ4v) is 1.60. The van der Waals surface area contributed by atoms with Crippen LogP contribution in [-0.4, -0.2) is 30.7 Å². The molecule has 6 nitrogen and oxygen atoms in total. The van der Waals surface area contributed by atoms with E-state index < -0.39 is 0 Å². The minimum atomic E-state index is -0.387. The number of benzene rings is 1. The third kappa shape index (κ3) is 4.10. The van der Waals surface area contributed by atoms with Crippen molar-refractivity contribution < 1.29 is 9.66 Å². The van der Waals surface area contributed by atoms with E-state index in [1.165, 1.54) is 0 Å². The number of nitrogens with one attached hydrogen (secondary N) is 2. The topological polar surface area (TPSA) is 76.4 Å². The van der Waals surface area contributed by atoms with Gasteiger partial charge in [-0.2, -0.15) is 0 Å². The van der Waals surface area contributed by atoms with Crippen molar-refractivity contribution in [2.75, 3.05) is 30.8 Å². The van der Waals surface area contributed by atoms with E-state index in [0.29, 0.717) is 24.5 Å². The van der Waals surface area contributed by atoms with Crippen LogP contribution in [0.5, 0.6) is 0 Å². The Morgan fingerprint density at radius 3 is 2.37 bits per heavy atom. The van der Waals surface area contributed by atoms with Crippen LogP contribution in [0.15, 0.2) is 18.2 Å². The predicted molar refractivity (Wildman–Crippen MR) is 76.8 cm³/mol. The molecular weight excluding hydrogens is 246 g/mol. The summed E-state index contributed by atoms with van der Waals surface area (Å²) in [6.07, 6.45) is 0. The van der Waals surface area contributed by atoms with Crippen LogP contribution in [-0.2, 0) is 4.74 Å². The molecule has 0 aliphatic heterocycles. The van der Waals surface area contributed by atoms with Crippen molar-refractivity contribution >= 4 is 17.1 Å². The Morgan fingerprint density at radius 2 is 1.89 bits per heavy atom. The summed E-state index contributed by atoms with van der Waals surface area (Å²) >= 11 is 0. The van der Waals surface area contributed by atoms with E-state index in [-0.39, 0.29) is 16.2 Å². The first-order chi connectivity index (χ1) is 8.91. The Hall–Kier alpha value is -1.82. The van der Waals surface area contributed by atoms with E-state index in [2.05, 4.69) is 10.6 Å². The minimum Gasteiger partial charge on any atom is -0.380 e. The molecule has 0 aromatic heterocycles. The lowest BCUT2D eigenvalue weighted by molar-refractivity contribution is -0.383. The standard InChI is InChI=1S/C13H21N3O3/c1-5-14-10-7-6-8-11(12(10)16(17)18)15-9-13(2,3)19-4/h6-8,14-15H,5,9H2,1-4H3. The van der Waals surface area contributed by atoms with Crippen LogP contribution in [0.2, 0.25) is 0 Å². The van der Waals surface area contributed by atoms with Crippen molar-refractivity contribution in [3.05, 3.63) is 28.3 Å². The molecule has 0 radical (unpaired) electrons. The molecule has 0 aliphatic rings. The summed E-state index contributed by atoms with van der Waals surface area (Å²) in [6.45, 7) is 6.85. The number of para-hydroxylation sites is 1. The van der Waals surface area contributed by atoms with Gasteiger partial charge in [-0.25, -0.2) is 0 Å². The number of nitrogens with zero attached hydrogens (tertiary/aromatic N) is 1. The molecule has 0 heterocycles. The second kappa shape index (κ2) is 6.38. The largest absolute Gasteiger partial charge is 0.380 e. The molecule has 0 amide bonds. The van der Waals surface area contributed by atoms with Gasteiger partial charge in [0.05, 0.1) is 10.5 Å². The van der Waals surface area contributed by atoms with E-state index in [1.54, 1.807) is 25.3 Å². The molecule has 0 bridgehead atoms. The monoisotopic (exact) mass is 267 g/mol. The van der Waals surface area contributed by atoms with Gasteiger partial charge >= 0.3 is 5.69 Å². The number of nitro benzene ring substituents is 1. The van der Waals surface area contributed by atoms with E-state index in [0.717, 1.165) is 0 Å². The van der Waals surface area contributed by atoms with Crippen LogP contribution in [0, 0.1) is 10.1 Å². The zero-order valence-corrected chi connectivity index (χ0v) is 11.8. The average molecular weight is 267 g/mol. The molecule has 0 fully saturated rings. The SMILES string of the molecule is CCNc1cccc(NCC(C)(C)OC)c1[N+](=O)[O-]. The summed E-state index contributed by atoms with van der Waals surface area (Å²) in [7, 11) is 1.62. The van der Waals surface area contributed by atoms with Gasteiger partial charge in [0.2, 0.25) is 0 Å². The summed E-state index contributed by atoms with van der Waals surface area (Å²) in [5, 5.41) is 17.3. The van der Waals surface area contributed by atoms with Crippen molar-refractivity contribution in [3.8, 4) is 0 Å². The summed E-state index contributed by atoms with van der Waals surface area (Å²) in [6, 6.07) is 5.19. The lowest BCUT2D eigenvalue weighted by Crippen LogP contribution is -2.32. The highest BCUT2D eigenvalue weighted by molar-refractivity contribution is 5.76. The Kier molecular flexibility index (Phi) is 5.11. The second-order valence-corrected chi connectivity index (χ2v) is 4.81. The van der Waals surface area contributed by atoms with Gasteiger partial charge in [-0.15, -0.1) is 0 Å². The maximum Gasteiger partial charge on any atom is 0.315 e. The van der Waals surface area contributed by atoms with Gasteiger partial charge in [0.15, 0.2) is 0 Å². The zero-order chi connectivity index (χ0) is 14.5. The maximum absolute atomic E-state index is 11.2. The van der Waals surface area contributed by atoms with Crippen molar-refractivity contribution in [2.24, 2.45) is 0 Å². The normalized spacial score (nSPS) is 11.2. The van der Waals surface area contributed by atoms with Gasteiger partial charge in [0, 0.05) is 20.2 Å². The summed E-state index contributed by atoms with van der Waals surface area (Å²) < 4.78 is 5.29. The summed E-state index contributed by atoms with van der Waals surface area (Å²) in [5.74, 6) is 0. The van der Waals surface area contributed by atoms with Gasteiger partial charge in [0.25, 0.3) is 0 Å². The fraction of sp³-hybridized carbons (Fsp3) is 0.538. The number of nitro groups is 1. The minimum absolute atomic E-state index is 0.0660. The second-order valence-electron chi connectivity index (χ2n) is 4.81. The van der Waals surface area contributed by atoms with E-state index in [4.69, 9.17) is 4.74 Å². The average Bonchev–Trinajstić information content (AvgIpc) is 2.36. The smallest absolute Gasteiger partial charge is 0.315 e. The van der Waals surface area contributed by atoms with Gasteiger partial charge in [-0.3, -0.25) is 10.1 Å². The van der Waals surface area contributed by atoms with Crippen LogP contribution in [0.3, 0.4) is 0 Å². The number of ether oxygens (including phenoxy) is 1. The number of anilines is 2. The summed E-state index contributed by atoms with van der Waals surface area (Å²) in [5.41, 5.74) is 0.694. The molecule has 0 spiro atoms. The molecule has 1 aromatic rings. The van der Waals surface area contributed by atoms with Gasteiger partial charge in [0.1, 0.15) is 11.4 Å². The molecule has 106 valence electrons. The highest BCUT2D eigenvalue weighted by Crippen LogP contribution is 2.33. The van der Waals surface area contributed by atoms with Crippen LogP contribution >= 0.6 is 0 Å². The highest BCUT2D eigenvalue weighted by Gasteiger charge is 2.22. The molecule has 19 heavy (non-hydrogen) atoms. The van der Waals surface area contributed by atoms with Crippen molar-refractivity contribution in [2.45, 2.75) is 26.4 Å². The lowest BCUT2D eigenvalue weighted by atomic mass is 10.1. The van der Waals surface area contributed by atoms with Crippen LogP contribution in [0.1, 0.15) is 20.8 Å². The number of hydrogen-bond acceptors (Lipinski definition) is 5. The number of rotatable bonds is 7. The van der Waals surface area contributed by atoms with Crippen molar-refractivity contribution in [1.29, 1.82) is 0 Å². The Labute approximate surface area is 113 Å². The fourth-order valence-electron chi connectivity index (χ4n) is 1.60. The van der Waals surface area contributed by atoms with Gasteiger partial charge in [-0.05, 0) is 32.9 Å². The van der Waals surface area contributed by atoms with E-state index in [9.17, 15) is 10.1 Å². The predicted octanol–water partition coefficient (Wildman–Crippen LogP) is 2.86. The highest BCUT2D eigenvalue weighted by atomic mass is 16.6. The first-order valence-corrected chi connectivity index (χ1v) is 6.21. The molecular formula is C13H21N3O3. The van der Waals surface area contributed by atoms with Crippen molar-refractivity contribution in [3.63, 3.8) is 0 Å². The molecule has 1 rings (SSSR count). The van der Waals surface area contributed by atoms with Crippen LogP contribution < -0.4 is 10.6 Å².